The van der Waals surface area contributed by atoms with Crippen LogP contribution in [0.3, 0.4) is 0 Å². The fraction of sp³-hybridized carbons (Fsp3) is 0.643. The van der Waals surface area contributed by atoms with Gasteiger partial charge in [-0.05, 0) is 58.5 Å². The molecule has 0 radical (unpaired) electrons. The van der Waals surface area contributed by atoms with Gasteiger partial charge in [-0.2, -0.15) is 11.3 Å². The Morgan fingerprint density at radius 2 is 2.29 bits per heavy atom. The van der Waals surface area contributed by atoms with Gasteiger partial charge in [0.1, 0.15) is 0 Å². The molecule has 1 aliphatic heterocycles. The van der Waals surface area contributed by atoms with E-state index in [9.17, 15) is 0 Å². The summed E-state index contributed by atoms with van der Waals surface area (Å²) in [7, 11) is 1.77. The predicted molar refractivity (Wildman–Crippen MR) is 80.5 cm³/mol. The van der Waals surface area contributed by atoms with Gasteiger partial charge in [-0.1, -0.05) is 5.10 Å². The Hall–Kier alpha value is -1.47. The lowest BCUT2D eigenvalue weighted by molar-refractivity contribution is 0.00234. The van der Waals surface area contributed by atoms with Crippen molar-refractivity contribution in [1.82, 2.24) is 20.2 Å². The molecule has 2 aliphatic rings. The van der Waals surface area contributed by atoms with Crippen LogP contribution in [0.15, 0.2) is 16.8 Å². The molecule has 1 atom stereocenters. The maximum atomic E-state index is 5.37. The number of methoxy groups -OCH3 is 1. The lowest BCUT2D eigenvalue weighted by Gasteiger charge is -2.35. The minimum Gasteiger partial charge on any atom is -0.381 e. The van der Waals surface area contributed by atoms with Crippen LogP contribution in [-0.2, 0) is 4.74 Å². The largest absolute Gasteiger partial charge is 0.381 e. The molecular weight excluding hydrogens is 286 g/mol. The number of hydrogen-bond acceptors (Lipinski definition) is 6. The van der Waals surface area contributed by atoms with Crippen LogP contribution in [0.4, 0.5) is 5.95 Å². The summed E-state index contributed by atoms with van der Waals surface area (Å²) >= 11 is 1.75. The van der Waals surface area contributed by atoms with Crippen LogP contribution in [0.2, 0.25) is 0 Å². The van der Waals surface area contributed by atoms with Crippen molar-refractivity contribution >= 4 is 17.3 Å². The van der Waals surface area contributed by atoms with E-state index in [1.54, 1.807) is 18.4 Å². The normalized spacial score (nSPS) is 28.8. The first kappa shape index (κ1) is 13.2. The van der Waals surface area contributed by atoms with Crippen LogP contribution in [0.25, 0.3) is 0 Å². The number of hydrogen-bond donors (Lipinski definition) is 0. The van der Waals surface area contributed by atoms with Gasteiger partial charge in [0.15, 0.2) is 0 Å². The summed E-state index contributed by atoms with van der Waals surface area (Å²) in [6, 6.07) is 3.01. The molecule has 2 aromatic rings. The zero-order valence-electron chi connectivity index (χ0n) is 12.1. The summed E-state index contributed by atoms with van der Waals surface area (Å²) in [6.45, 7) is 1.03. The third kappa shape index (κ3) is 2.24. The second-order valence-electron chi connectivity index (χ2n) is 5.81. The maximum absolute atomic E-state index is 5.37. The lowest BCUT2D eigenvalue weighted by Crippen LogP contribution is -2.35. The molecule has 21 heavy (non-hydrogen) atoms. The van der Waals surface area contributed by atoms with Gasteiger partial charge in [0.2, 0.25) is 5.95 Å². The zero-order valence-corrected chi connectivity index (χ0v) is 12.9. The third-order valence-electron chi connectivity index (χ3n) is 4.66. The van der Waals surface area contributed by atoms with Gasteiger partial charge < -0.3 is 9.64 Å². The summed E-state index contributed by atoms with van der Waals surface area (Å²) < 4.78 is 7.37. The van der Waals surface area contributed by atoms with Gasteiger partial charge in [-0.25, -0.2) is 4.68 Å². The minimum absolute atomic E-state index is 0.360. The first-order chi connectivity index (χ1) is 10.4. The number of rotatable bonds is 4. The second-order valence-corrected chi connectivity index (χ2v) is 6.59. The van der Waals surface area contributed by atoms with Crippen LogP contribution >= 0.6 is 11.3 Å². The fourth-order valence-electron chi connectivity index (χ4n) is 3.36. The van der Waals surface area contributed by atoms with Gasteiger partial charge in [-0.15, -0.1) is 0 Å². The van der Waals surface area contributed by atoms with Crippen LogP contribution < -0.4 is 4.90 Å². The molecular formula is C14H19N5OS. The van der Waals surface area contributed by atoms with E-state index < -0.39 is 0 Å². The molecule has 112 valence electrons. The van der Waals surface area contributed by atoms with Crippen molar-refractivity contribution in [2.45, 2.75) is 43.9 Å². The molecule has 2 aromatic heterocycles. The lowest BCUT2D eigenvalue weighted by atomic mass is 9.89. The zero-order chi connectivity index (χ0) is 14.2. The predicted octanol–water partition coefficient (Wildman–Crippen LogP) is 2.43. The monoisotopic (exact) mass is 305 g/mol. The highest BCUT2D eigenvalue weighted by atomic mass is 32.1. The van der Waals surface area contributed by atoms with E-state index in [0.29, 0.717) is 18.2 Å². The van der Waals surface area contributed by atoms with Gasteiger partial charge in [0.25, 0.3) is 0 Å². The Kier molecular flexibility index (Phi) is 3.39. The molecule has 0 N–H and O–H groups in total. The Balaban J connectivity index is 1.58. The first-order valence-electron chi connectivity index (χ1n) is 7.46. The highest BCUT2D eigenvalue weighted by Gasteiger charge is 2.36. The average molecular weight is 305 g/mol. The van der Waals surface area contributed by atoms with Crippen LogP contribution in [0, 0.1) is 0 Å². The minimum atomic E-state index is 0.360. The molecule has 2 fully saturated rings. The van der Waals surface area contributed by atoms with E-state index in [4.69, 9.17) is 4.74 Å². The quantitative estimate of drug-likeness (QED) is 0.868. The molecule has 4 rings (SSSR count). The standard InChI is InChI=1S/C14H19N5OS/c1-20-12-7-11(8-12)19-14(15-16-17-19)18-5-2-3-13(18)10-4-6-21-9-10/h4,6,9,11-13H,2-3,5,7-8H2,1H3. The average Bonchev–Trinajstić information content (AvgIpc) is 3.18. The Morgan fingerprint density at radius 3 is 3.05 bits per heavy atom. The van der Waals surface area contributed by atoms with Crippen LogP contribution in [0.1, 0.15) is 43.3 Å². The fourth-order valence-corrected chi connectivity index (χ4v) is 4.07. The van der Waals surface area contributed by atoms with E-state index in [-0.39, 0.29) is 0 Å². The van der Waals surface area contributed by atoms with Crippen molar-refractivity contribution in [2.24, 2.45) is 0 Å². The van der Waals surface area contributed by atoms with E-state index in [2.05, 4.69) is 37.3 Å². The summed E-state index contributed by atoms with van der Waals surface area (Å²) in [5.41, 5.74) is 1.38. The van der Waals surface area contributed by atoms with Crippen molar-refractivity contribution < 1.29 is 4.74 Å². The molecule has 1 unspecified atom stereocenters. The van der Waals surface area contributed by atoms with Gasteiger partial charge in [0.05, 0.1) is 18.2 Å². The Labute approximate surface area is 127 Å². The number of aromatic nitrogens is 4. The Bertz CT molecular complexity index is 592. The SMILES string of the molecule is COC1CC(n2nnnc2N2CCCC2c2ccsc2)C1. The number of ether oxygens (including phenoxy) is 1. The molecule has 6 nitrogen and oxygen atoms in total. The number of tetrazole rings is 1. The van der Waals surface area contributed by atoms with Gasteiger partial charge in [0, 0.05) is 13.7 Å². The van der Waals surface area contributed by atoms with Crippen molar-refractivity contribution in [3.05, 3.63) is 22.4 Å². The maximum Gasteiger partial charge on any atom is 0.246 e. The molecule has 1 aliphatic carbocycles. The van der Waals surface area contributed by atoms with Crippen molar-refractivity contribution in [3.63, 3.8) is 0 Å². The van der Waals surface area contributed by atoms with Crippen LogP contribution in [0.5, 0.6) is 0 Å². The van der Waals surface area contributed by atoms with Crippen molar-refractivity contribution in [2.75, 3.05) is 18.6 Å². The molecule has 0 bridgehead atoms. The molecule has 3 heterocycles. The highest BCUT2D eigenvalue weighted by molar-refractivity contribution is 7.08. The molecule has 0 amide bonds. The van der Waals surface area contributed by atoms with Crippen molar-refractivity contribution in [3.8, 4) is 0 Å². The number of anilines is 1. The van der Waals surface area contributed by atoms with Gasteiger partial charge >= 0.3 is 0 Å². The molecule has 0 spiro atoms. The topological polar surface area (TPSA) is 56.1 Å². The smallest absolute Gasteiger partial charge is 0.246 e. The van der Waals surface area contributed by atoms with Crippen molar-refractivity contribution in [1.29, 1.82) is 0 Å². The van der Waals surface area contributed by atoms with E-state index in [1.807, 2.05) is 4.68 Å². The van der Waals surface area contributed by atoms with E-state index in [1.165, 1.54) is 18.4 Å². The first-order valence-corrected chi connectivity index (χ1v) is 8.40. The number of thiophene rings is 1. The number of nitrogens with zero attached hydrogens (tertiary/aromatic N) is 5. The van der Waals surface area contributed by atoms with E-state index >= 15 is 0 Å². The van der Waals surface area contributed by atoms with Crippen LogP contribution in [-0.4, -0.2) is 40.0 Å². The molecule has 7 heteroatoms. The summed E-state index contributed by atoms with van der Waals surface area (Å²) in [6.07, 6.45) is 4.74. The molecule has 1 saturated carbocycles. The summed E-state index contributed by atoms with van der Waals surface area (Å²) in [4.78, 5) is 2.36. The third-order valence-corrected chi connectivity index (χ3v) is 5.36. The molecule has 0 aromatic carbocycles. The summed E-state index contributed by atoms with van der Waals surface area (Å²) in [5.74, 6) is 0.920. The highest BCUT2D eigenvalue weighted by Crippen LogP contribution is 2.40. The van der Waals surface area contributed by atoms with Gasteiger partial charge in [-0.3, -0.25) is 0 Å². The molecule has 1 saturated heterocycles. The Morgan fingerprint density at radius 1 is 1.38 bits per heavy atom. The van der Waals surface area contributed by atoms with E-state index in [0.717, 1.165) is 25.3 Å². The summed E-state index contributed by atoms with van der Waals surface area (Å²) in [5, 5.41) is 16.8. The second kappa shape index (κ2) is 5.38.